The molecule has 1 saturated heterocycles. The van der Waals surface area contributed by atoms with E-state index in [-0.39, 0.29) is 5.41 Å². The summed E-state index contributed by atoms with van der Waals surface area (Å²) in [5, 5.41) is 3.69. The molecule has 1 aliphatic carbocycles. The Morgan fingerprint density at radius 1 is 1.21 bits per heavy atom. The van der Waals surface area contributed by atoms with E-state index in [0.29, 0.717) is 19.4 Å². The van der Waals surface area contributed by atoms with Crippen LogP contribution >= 0.6 is 0 Å². The summed E-state index contributed by atoms with van der Waals surface area (Å²) >= 11 is 0. The summed E-state index contributed by atoms with van der Waals surface area (Å²) < 4.78 is 16.3. The van der Waals surface area contributed by atoms with Crippen LogP contribution in [0.4, 0.5) is 0 Å². The van der Waals surface area contributed by atoms with E-state index in [9.17, 15) is 0 Å². The highest BCUT2D eigenvalue weighted by Gasteiger charge is 2.47. The van der Waals surface area contributed by atoms with Gasteiger partial charge in [0.25, 0.3) is 0 Å². The van der Waals surface area contributed by atoms with Crippen molar-refractivity contribution in [1.29, 1.82) is 0 Å². The summed E-state index contributed by atoms with van der Waals surface area (Å²) in [5.41, 5.74) is 2.79. The lowest BCUT2D eigenvalue weighted by molar-refractivity contribution is 0.155. The highest BCUT2D eigenvalue weighted by molar-refractivity contribution is 5.86. The zero-order valence-corrected chi connectivity index (χ0v) is 14.9. The van der Waals surface area contributed by atoms with Gasteiger partial charge in [0, 0.05) is 30.2 Å². The maximum absolute atomic E-state index is 5.51. The Labute approximate surface area is 144 Å². The van der Waals surface area contributed by atoms with Crippen LogP contribution in [0.5, 0.6) is 11.5 Å². The smallest absolute Gasteiger partial charge is 0.161 e. The minimum atomic E-state index is 0.171. The van der Waals surface area contributed by atoms with Crippen LogP contribution in [0.2, 0.25) is 0 Å². The lowest BCUT2D eigenvalue weighted by atomic mass is 9.66. The Bertz CT molecular complexity index is 602. The van der Waals surface area contributed by atoms with Crippen molar-refractivity contribution in [2.75, 3.05) is 34.1 Å². The third kappa shape index (κ3) is 3.15. The number of hydrogen-bond donors (Lipinski definition) is 1. The second kappa shape index (κ2) is 7.53. The Hall–Kier alpha value is -1.59. The molecule has 0 aromatic heterocycles. The Balaban J connectivity index is 1.83. The van der Waals surface area contributed by atoms with Gasteiger partial charge in [0.05, 0.1) is 14.2 Å². The molecule has 2 aliphatic rings. The van der Waals surface area contributed by atoms with Gasteiger partial charge in [-0.3, -0.25) is 4.99 Å². The molecular weight excluding hydrogens is 304 g/mol. The zero-order valence-electron chi connectivity index (χ0n) is 14.9. The average Bonchev–Trinajstić information content (AvgIpc) is 3.05. The molecule has 0 unspecified atom stereocenters. The molecule has 132 valence electrons. The molecule has 2 fully saturated rings. The van der Waals surface area contributed by atoms with Gasteiger partial charge in [-0.25, -0.2) is 0 Å². The van der Waals surface area contributed by atoms with E-state index < -0.39 is 0 Å². The SMILES string of the molecule is CCOCN=C1CC[C@@]2(c3ccc(OC)c(OC)c3)CCN[C@H]2C1. The van der Waals surface area contributed by atoms with Crippen LogP contribution < -0.4 is 14.8 Å². The van der Waals surface area contributed by atoms with Gasteiger partial charge in [0.15, 0.2) is 11.5 Å². The van der Waals surface area contributed by atoms with Gasteiger partial charge in [-0.15, -0.1) is 0 Å². The molecule has 1 saturated carbocycles. The van der Waals surface area contributed by atoms with Crippen molar-refractivity contribution in [3.8, 4) is 11.5 Å². The van der Waals surface area contributed by atoms with E-state index in [1.807, 2.05) is 13.0 Å². The third-order valence-corrected chi connectivity index (χ3v) is 5.47. The molecule has 0 spiro atoms. The number of benzene rings is 1. The van der Waals surface area contributed by atoms with Crippen LogP contribution in [-0.4, -0.2) is 45.9 Å². The van der Waals surface area contributed by atoms with Gasteiger partial charge in [-0.05, 0) is 50.4 Å². The highest BCUT2D eigenvalue weighted by atomic mass is 16.5. The predicted molar refractivity (Wildman–Crippen MR) is 95.4 cm³/mol. The Kier molecular flexibility index (Phi) is 5.41. The molecular formula is C19H28N2O3. The number of hydrogen-bond acceptors (Lipinski definition) is 5. The van der Waals surface area contributed by atoms with Gasteiger partial charge in [0.2, 0.25) is 0 Å². The molecule has 3 rings (SSSR count). The summed E-state index contributed by atoms with van der Waals surface area (Å²) in [5.74, 6) is 1.60. The summed E-state index contributed by atoms with van der Waals surface area (Å²) in [7, 11) is 3.38. The van der Waals surface area contributed by atoms with E-state index in [1.165, 1.54) is 11.3 Å². The molecule has 5 nitrogen and oxygen atoms in total. The second-order valence-corrected chi connectivity index (χ2v) is 6.53. The number of nitrogens with one attached hydrogen (secondary N) is 1. The molecule has 2 atom stereocenters. The zero-order chi connectivity index (χ0) is 17.0. The van der Waals surface area contributed by atoms with E-state index in [0.717, 1.165) is 43.7 Å². The summed E-state index contributed by atoms with van der Waals surface area (Å²) in [4.78, 5) is 4.63. The first-order valence-corrected chi connectivity index (χ1v) is 8.79. The number of aliphatic imine (C=N–C) groups is 1. The minimum Gasteiger partial charge on any atom is -0.493 e. The quantitative estimate of drug-likeness (QED) is 0.814. The molecule has 24 heavy (non-hydrogen) atoms. The standard InChI is InChI=1S/C19H28N2O3/c1-4-24-13-21-15-7-8-19(9-10-20-18(19)12-15)14-5-6-16(22-2)17(11-14)23-3/h5-6,11,18,20H,4,7-10,12-13H2,1-3H3/t18-,19-/m0/s1. The van der Waals surface area contributed by atoms with E-state index >= 15 is 0 Å². The van der Waals surface area contributed by atoms with Crippen molar-refractivity contribution in [2.24, 2.45) is 4.99 Å². The molecule has 1 heterocycles. The Morgan fingerprint density at radius 3 is 2.79 bits per heavy atom. The maximum atomic E-state index is 5.51. The van der Waals surface area contributed by atoms with Crippen LogP contribution in [0, 0.1) is 0 Å². The third-order valence-electron chi connectivity index (χ3n) is 5.47. The van der Waals surface area contributed by atoms with Crippen molar-refractivity contribution in [1.82, 2.24) is 5.32 Å². The van der Waals surface area contributed by atoms with Gasteiger partial charge >= 0.3 is 0 Å². The van der Waals surface area contributed by atoms with Crippen LogP contribution in [0.15, 0.2) is 23.2 Å². The fraction of sp³-hybridized carbons (Fsp3) is 0.632. The molecule has 1 aromatic rings. The Morgan fingerprint density at radius 2 is 2.04 bits per heavy atom. The first kappa shape index (κ1) is 17.2. The molecule has 0 bridgehead atoms. The van der Waals surface area contributed by atoms with Crippen LogP contribution in [0.3, 0.4) is 0 Å². The summed E-state index contributed by atoms with van der Waals surface area (Å²) in [6.45, 7) is 4.26. The minimum absolute atomic E-state index is 0.171. The van der Waals surface area contributed by atoms with Crippen molar-refractivity contribution < 1.29 is 14.2 Å². The van der Waals surface area contributed by atoms with Crippen molar-refractivity contribution >= 4 is 5.71 Å². The molecule has 5 heteroatoms. The highest BCUT2D eigenvalue weighted by Crippen LogP contribution is 2.46. The first-order valence-electron chi connectivity index (χ1n) is 8.79. The van der Waals surface area contributed by atoms with Crippen LogP contribution in [-0.2, 0) is 10.2 Å². The lowest BCUT2D eigenvalue weighted by Crippen LogP contribution is -2.45. The van der Waals surface area contributed by atoms with E-state index in [1.54, 1.807) is 14.2 Å². The van der Waals surface area contributed by atoms with Crippen molar-refractivity contribution in [3.63, 3.8) is 0 Å². The van der Waals surface area contributed by atoms with Crippen LogP contribution in [0.25, 0.3) is 0 Å². The van der Waals surface area contributed by atoms with Gasteiger partial charge < -0.3 is 19.5 Å². The monoisotopic (exact) mass is 332 g/mol. The van der Waals surface area contributed by atoms with E-state index in [4.69, 9.17) is 14.2 Å². The number of ether oxygens (including phenoxy) is 3. The number of methoxy groups -OCH3 is 2. The number of nitrogens with zero attached hydrogens (tertiary/aromatic N) is 1. The van der Waals surface area contributed by atoms with Crippen molar-refractivity contribution in [2.45, 2.75) is 44.1 Å². The van der Waals surface area contributed by atoms with E-state index in [2.05, 4.69) is 22.4 Å². The van der Waals surface area contributed by atoms with Gasteiger partial charge in [-0.2, -0.15) is 0 Å². The van der Waals surface area contributed by atoms with Crippen molar-refractivity contribution in [3.05, 3.63) is 23.8 Å². The normalized spacial score (nSPS) is 28.0. The fourth-order valence-corrected chi connectivity index (χ4v) is 4.12. The van der Waals surface area contributed by atoms with Crippen LogP contribution in [0.1, 0.15) is 38.2 Å². The molecule has 1 aromatic carbocycles. The topological polar surface area (TPSA) is 52.1 Å². The molecule has 1 N–H and O–H groups in total. The molecule has 0 amide bonds. The number of fused-ring (bicyclic) bond motifs is 1. The lowest BCUT2D eigenvalue weighted by Gasteiger charge is -2.40. The molecule has 1 aliphatic heterocycles. The van der Waals surface area contributed by atoms with Gasteiger partial charge in [-0.1, -0.05) is 6.07 Å². The fourth-order valence-electron chi connectivity index (χ4n) is 4.12. The average molecular weight is 332 g/mol. The predicted octanol–water partition coefficient (Wildman–Crippen LogP) is 2.92. The van der Waals surface area contributed by atoms with Gasteiger partial charge in [0.1, 0.15) is 6.73 Å². The summed E-state index contributed by atoms with van der Waals surface area (Å²) in [6.07, 6.45) is 4.32. The maximum Gasteiger partial charge on any atom is 0.161 e. The summed E-state index contributed by atoms with van der Waals surface area (Å²) in [6, 6.07) is 6.81. The number of rotatable bonds is 6. The largest absolute Gasteiger partial charge is 0.493 e. The first-order chi connectivity index (χ1) is 11.7. The second-order valence-electron chi connectivity index (χ2n) is 6.53. The molecule has 0 radical (unpaired) electrons.